The highest BCUT2D eigenvalue weighted by Crippen LogP contribution is 2.40. The largest absolute Gasteiger partial charge is 0.452 e. The van der Waals surface area contributed by atoms with Crippen LogP contribution in [0.25, 0.3) is 22.1 Å². The smallest absolute Gasteiger partial charge is 0.437 e. The van der Waals surface area contributed by atoms with Crippen LogP contribution in [-0.4, -0.2) is 41.5 Å². The Bertz CT molecular complexity index is 1770. The molecule has 192 valence electrons. The summed E-state index contributed by atoms with van der Waals surface area (Å²) in [6.45, 7) is 5.48. The Hall–Kier alpha value is -3.91. The van der Waals surface area contributed by atoms with E-state index < -0.39 is 11.7 Å². The molecule has 0 N–H and O–H groups in total. The third-order valence-corrected chi connectivity index (χ3v) is 6.22. The highest BCUT2D eigenvalue weighted by molar-refractivity contribution is 6.35. The van der Waals surface area contributed by atoms with Crippen molar-refractivity contribution < 1.29 is 14.3 Å². The third-order valence-electron chi connectivity index (χ3n) is 5.31. The fourth-order valence-corrected chi connectivity index (χ4v) is 4.32. The molecular formula is C25H18Cl3N7O3. The summed E-state index contributed by atoms with van der Waals surface area (Å²) in [5, 5.41) is 23.6. The van der Waals surface area contributed by atoms with E-state index in [1.165, 1.54) is 12.1 Å². The van der Waals surface area contributed by atoms with Gasteiger partial charge in [0.15, 0.2) is 16.9 Å². The maximum Gasteiger partial charge on any atom is 0.437 e. The Morgan fingerprint density at radius 3 is 2.68 bits per heavy atom. The number of benzene rings is 2. The fraction of sp³-hybridized carbons (Fsp3) is 0.200. The number of carbonyl (C=O) groups is 1. The molecule has 0 radical (unpaired) electrons. The van der Waals surface area contributed by atoms with E-state index in [9.17, 15) is 10.1 Å². The number of carbonyl (C=O) groups excluding carboxylic acids is 1. The molecule has 0 aliphatic rings. The number of nitriles is 1. The van der Waals surface area contributed by atoms with Crippen molar-refractivity contribution in [3.05, 3.63) is 68.9 Å². The predicted molar refractivity (Wildman–Crippen MR) is 142 cm³/mol. The number of halogens is 3. The average Bonchev–Trinajstić information content (AvgIpc) is 3.44. The molecule has 10 nitrogen and oxygen atoms in total. The van der Waals surface area contributed by atoms with Crippen LogP contribution < -0.4 is 4.74 Å². The van der Waals surface area contributed by atoms with Gasteiger partial charge in [-0.3, -0.25) is 0 Å². The lowest BCUT2D eigenvalue weighted by Crippen LogP contribution is -2.28. The van der Waals surface area contributed by atoms with Crippen LogP contribution in [-0.2, 0) is 11.3 Å². The van der Waals surface area contributed by atoms with E-state index in [-0.39, 0.29) is 38.7 Å². The van der Waals surface area contributed by atoms with Crippen LogP contribution >= 0.6 is 34.8 Å². The molecule has 0 saturated carbocycles. The second kappa shape index (κ2) is 9.76. The van der Waals surface area contributed by atoms with E-state index in [2.05, 4.69) is 20.4 Å². The molecule has 0 amide bonds. The van der Waals surface area contributed by atoms with Crippen molar-refractivity contribution in [3.8, 4) is 17.6 Å². The van der Waals surface area contributed by atoms with Gasteiger partial charge < -0.3 is 9.47 Å². The van der Waals surface area contributed by atoms with Gasteiger partial charge in [0.25, 0.3) is 0 Å². The number of ether oxygens (including phenoxy) is 2. The maximum absolute atomic E-state index is 12.8. The zero-order valence-corrected chi connectivity index (χ0v) is 22.5. The van der Waals surface area contributed by atoms with Crippen molar-refractivity contribution in [1.29, 1.82) is 5.26 Å². The van der Waals surface area contributed by atoms with Gasteiger partial charge in [-0.25, -0.2) is 14.5 Å². The molecule has 5 rings (SSSR count). The van der Waals surface area contributed by atoms with E-state index in [0.717, 1.165) is 4.68 Å². The van der Waals surface area contributed by atoms with Gasteiger partial charge in [0.1, 0.15) is 22.4 Å². The SMILES string of the molecule is CC(C)(C)OC(=O)n1nc(Cn2nnc3c(Oc4cc(Cl)cc(C#N)c4Cl)c(Cl)ccc32)c2cccnc21. The molecule has 0 bridgehead atoms. The first-order chi connectivity index (χ1) is 18.1. The number of hydrogen-bond donors (Lipinski definition) is 0. The van der Waals surface area contributed by atoms with Crippen molar-refractivity contribution in [2.24, 2.45) is 0 Å². The van der Waals surface area contributed by atoms with E-state index in [1.54, 1.807) is 49.8 Å². The fourth-order valence-electron chi connectivity index (χ4n) is 3.74. The number of aromatic nitrogens is 6. The van der Waals surface area contributed by atoms with Crippen molar-refractivity contribution >= 4 is 63.0 Å². The van der Waals surface area contributed by atoms with E-state index in [0.29, 0.717) is 27.8 Å². The Morgan fingerprint density at radius 1 is 1.16 bits per heavy atom. The van der Waals surface area contributed by atoms with Gasteiger partial charge in [-0.2, -0.15) is 10.4 Å². The second-order valence-electron chi connectivity index (χ2n) is 9.18. The summed E-state index contributed by atoms with van der Waals surface area (Å²) in [6, 6.07) is 11.8. The standard InChI is InChI=1S/C25H18Cl3N7O3/c1-25(2,3)38-24(36)35-23-15(5-4-8-30-23)17(32-35)12-34-18-7-6-16(27)22(21(18)31-33-34)37-19-10-14(26)9-13(11-29)20(19)28/h4-10H,12H2,1-3H3. The van der Waals surface area contributed by atoms with Gasteiger partial charge in [0.05, 0.1) is 28.3 Å². The number of hydrogen-bond acceptors (Lipinski definition) is 8. The van der Waals surface area contributed by atoms with Crippen LogP contribution in [0.15, 0.2) is 42.6 Å². The molecule has 13 heteroatoms. The molecular weight excluding hydrogens is 553 g/mol. The average molecular weight is 571 g/mol. The first-order valence-corrected chi connectivity index (χ1v) is 12.3. The molecule has 0 spiro atoms. The number of nitrogens with zero attached hydrogens (tertiary/aromatic N) is 7. The quantitative estimate of drug-likeness (QED) is 0.236. The summed E-state index contributed by atoms with van der Waals surface area (Å²) >= 11 is 18.9. The predicted octanol–water partition coefficient (Wildman–Crippen LogP) is 6.63. The lowest BCUT2D eigenvalue weighted by molar-refractivity contribution is 0.0521. The minimum absolute atomic E-state index is 0.0871. The summed E-state index contributed by atoms with van der Waals surface area (Å²) in [5.41, 5.74) is 1.26. The van der Waals surface area contributed by atoms with Gasteiger partial charge in [0, 0.05) is 22.7 Å². The normalized spacial score (nSPS) is 11.6. The summed E-state index contributed by atoms with van der Waals surface area (Å²) in [4.78, 5) is 17.1. The molecule has 3 aromatic heterocycles. The number of rotatable bonds is 4. The monoisotopic (exact) mass is 569 g/mol. The summed E-state index contributed by atoms with van der Waals surface area (Å²) in [6.07, 6.45) is 0.928. The third kappa shape index (κ3) is 4.84. The number of fused-ring (bicyclic) bond motifs is 2. The van der Waals surface area contributed by atoms with Crippen LogP contribution in [0.5, 0.6) is 11.5 Å². The van der Waals surface area contributed by atoms with Crippen LogP contribution in [0.2, 0.25) is 15.1 Å². The molecule has 0 atom stereocenters. The van der Waals surface area contributed by atoms with Crippen molar-refractivity contribution in [2.45, 2.75) is 32.9 Å². The molecule has 0 unspecified atom stereocenters. The topological polar surface area (TPSA) is 121 Å². The lowest BCUT2D eigenvalue weighted by Gasteiger charge is -2.18. The zero-order valence-electron chi connectivity index (χ0n) is 20.2. The molecule has 38 heavy (non-hydrogen) atoms. The van der Waals surface area contributed by atoms with Crippen molar-refractivity contribution in [1.82, 2.24) is 29.8 Å². The molecule has 0 fully saturated rings. The zero-order chi connectivity index (χ0) is 27.2. The maximum atomic E-state index is 12.8. The summed E-state index contributed by atoms with van der Waals surface area (Å²) < 4.78 is 14.2. The molecule has 0 aliphatic heterocycles. The summed E-state index contributed by atoms with van der Waals surface area (Å²) in [7, 11) is 0. The van der Waals surface area contributed by atoms with Crippen LogP contribution in [0, 0.1) is 11.3 Å². The highest BCUT2D eigenvalue weighted by atomic mass is 35.5. The van der Waals surface area contributed by atoms with Crippen LogP contribution in [0.4, 0.5) is 4.79 Å². The molecule has 0 aliphatic carbocycles. The van der Waals surface area contributed by atoms with Gasteiger partial charge in [-0.05, 0) is 51.1 Å². The molecule has 0 saturated heterocycles. The number of pyridine rings is 1. The molecule has 3 heterocycles. The highest BCUT2D eigenvalue weighted by Gasteiger charge is 2.24. The van der Waals surface area contributed by atoms with Crippen molar-refractivity contribution in [2.75, 3.05) is 0 Å². The van der Waals surface area contributed by atoms with E-state index in [1.807, 2.05) is 12.1 Å². The van der Waals surface area contributed by atoms with E-state index >= 15 is 0 Å². The van der Waals surface area contributed by atoms with Gasteiger partial charge in [-0.1, -0.05) is 40.0 Å². The Balaban J connectivity index is 1.55. The van der Waals surface area contributed by atoms with Crippen LogP contribution in [0.1, 0.15) is 32.0 Å². The first kappa shape index (κ1) is 25.7. The second-order valence-corrected chi connectivity index (χ2v) is 10.4. The minimum Gasteiger partial charge on any atom is -0.452 e. The van der Waals surface area contributed by atoms with Gasteiger partial charge in [0.2, 0.25) is 0 Å². The Morgan fingerprint density at radius 2 is 1.95 bits per heavy atom. The van der Waals surface area contributed by atoms with Gasteiger partial charge in [-0.15, -0.1) is 9.78 Å². The Kier molecular flexibility index (Phi) is 6.61. The minimum atomic E-state index is -0.706. The van der Waals surface area contributed by atoms with Crippen molar-refractivity contribution in [3.63, 3.8) is 0 Å². The van der Waals surface area contributed by atoms with Crippen LogP contribution in [0.3, 0.4) is 0 Å². The molecule has 5 aromatic rings. The lowest BCUT2D eigenvalue weighted by atomic mass is 10.2. The Labute approximate surface area is 231 Å². The summed E-state index contributed by atoms with van der Waals surface area (Å²) in [5.74, 6) is 0.335. The first-order valence-electron chi connectivity index (χ1n) is 11.2. The van der Waals surface area contributed by atoms with E-state index in [4.69, 9.17) is 44.3 Å². The van der Waals surface area contributed by atoms with Gasteiger partial charge >= 0.3 is 6.09 Å². The molecule has 2 aromatic carbocycles.